The quantitative estimate of drug-likeness (QED) is 0.223. The molecule has 3 N–H and O–H groups in total. The van der Waals surface area contributed by atoms with Gasteiger partial charge in [0.25, 0.3) is 0 Å². The summed E-state index contributed by atoms with van der Waals surface area (Å²) in [5, 5.41) is 17.7. The van der Waals surface area contributed by atoms with E-state index in [1.165, 1.54) is 12.3 Å². The Labute approximate surface area is 182 Å². The zero-order chi connectivity index (χ0) is 19.8. The van der Waals surface area contributed by atoms with Gasteiger partial charge in [-0.25, -0.2) is 16.8 Å². The summed E-state index contributed by atoms with van der Waals surface area (Å²) in [5.41, 5.74) is 0. The zero-order valence-corrected chi connectivity index (χ0v) is 20.4. The smallest absolute Gasteiger partial charge is 0.191 e. The van der Waals surface area contributed by atoms with Crippen LogP contribution in [0.25, 0.3) is 0 Å². The summed E-state index contributed by atoms with van der Waals surface area (Å²) in [5.74, 6) is 0.0588. The molecule has 0 spiro atoms. The second kappa shape index (κ2) is 12.2. The Bertz CT molecular complexity index is 780. The third-order valence-electron chi connectivity index (χ3n) is 3.32. The number of rotatable bonds is 10. The van der Waals surface area contributed by atoms with Crippen LogP contribution in [-0.2, 0) is 19.7 Å². The fourth-order valence-corrected chi connectivity index (χ4v) is 5.29. The molecule has 12 heteroatoms. The summed E-state index contributed by atoms with van der Waals surface area (Å²) in [6.07, 6.45) is 0.464. The maximum atomic E-state index is 12.1. The molecule has 0 bridgehead atoms. The fraction of sp³-hybridized carbons (Fsp3) is 0.667. The lowest BCUT2D eigenvalue weighted by Crippen LogP contribution is -2.43. The Morgan fingerprint density at radius 3 is 2.52 bits per heavy atom. The lowest BCUT2D eigenvalue weighted by atomic mass is 10.3. The second-order valence-electron chi connectivity index (χ2n) is 6.05. The van der Waals surface area contributed by atoms with E-state index in [2.05, 4.69) is 15.6 Å². The zero-order valence-electron chi connectivity index (χ0n) is 15.6. The third-order valence-corrected chi connectivity index (χ3v) is 7.58. The number of aliphatic hydroxyl groups is 1. The number of nitrogens with zero attached hydrogens (tertiary/aromatic N) is 1. The maximum absolute atomic E-state index is 12.1. The molecule has 0 radical (unpaired) electrons. The Morgan fingerprint density at radius 1 is 1.33 bits per heavy atom. The molecule has 2 unspecified atom stereocenters. The van der Waals surface area contributed by atoms with Gasteiger partial charge in [0.05, 0.1) is 24.2 Å². The number of thiophene rings is 1. The van der Waals surface area contributed by atoms with E-state index in [-0.39, 0.29) is 46.5 Å². The summed E-state index contributed by atoms with van der Waals surface area (Å²) in [6, 6.07) is 3.01. The van der Waals surface area contributed by atoms with Crippen LogP contribution in [0, 0.1) is 0 Å². The molecule has 0 saturated carbocycles. The number of hydrogen-bond donors (Lipinski definition) is 3. The van der Waals surface area contributed by atoms with Crippen LogP contribution in [0.5, 0.6) is 0 Å². The molecule has 0 aliphatic carbocycles. The van der Waals surface area contributed by atoms with E-state index in [9.17, 15) is 21.9 Å². The van der Waals surface area contributed by atoms with Gasteiger partial charge in [-0.15, -0.1) is 35.3 Å². The molecule has 0 fully saturated rings. The van der Waals surface area contributed by atoms with Crippen molar-refractivity contribution in [1.82, 2.24) is 10.6 Å². The molecule has 1 aromatic heterocycles. The molecule has 27 heavy (non-hydrogen) atoms. The number of aliphatic imine (C=N–C) groups is 1. The van der Waals surface area contributed by atoms with Gasteiger partial charge in [0.15, 0.2) is 15.8 Å². The fourth-order valence-electron chi connectivity index (χ4n) is 2.04. The first kappa shape index (κ1) is 26.6. The van der Waals surface area contributed by atoms with E-state index in [0.717, 1.165) is 11.3 Å². The summed E-state index contributed by atoms with van der Waals surface area (Å²) >= 11 is 1.11. The average molecular weight is 554 g/mol. The van der Waals surface area contributed by atoms with Crippen LogP contribution >= 0.6 is 35.3 Å². The summed E-state index contributed by atoms with van der Waals surface area (Å²) < 4.78 is 47.0. The third kappa shape index (κ3) is 11.2. The van der Waals surface area contributed by atoms with E-state index in [0.29, 0.717) is 18.9 Å². The molecule has 0 saturated heterocycles. The number of nitrogens with one attached hydrogen (secondary N) is 2. The molecule has 0 aliphatic heterocycles. The highest BCUT2D eigenvalue weighted by atomic mass is 127. The molecule has 1 rings (SSSR count). The molecule has 2 atom stereocenters. The molecule has 0 aromatic carbocycles. The van der Waals surface area contributed by atoms with Crippen molar-refractivity contribution in [3.05, 3.63) is 17.5 Å². The van der Waals surface area contributed by atoms with Gasteiger partial charge in [-0.2, -0.15) is 0 Å². The van der Waals surface area contributed by atoms with Gasteiger partial charge in [-0.3, -0.25) is 4.99 Å². The Balaban J connectivity index is 0.00000676. The number of halogens is 1. The second-order valence-corrected chi connectivity index (χ2v) is 11.5. The van der Waals surface area contributed by atoms with Crippen molar-refractivity contribution in [2.24, 2.45) is 4.99 Å². The highest BCUT2D eigenvalue weighted by Crippen LogP contribution is 2.18. The summed E-state index contributed by atoms with van der Waals surface area (Å²) in [7, 11) is -6.57. The Morgan fingerprint density at radius 2 is 2.00 bits per heavy atom. The summed E-state index contributed by atoms with van der Waals surface area (Å²) in [6.45, 7) is 4.19. The first-order valence-corrected chi connectivity index (χ1v) is 12.8. The minimum Gasteiger partial charge on any atom is -0.390 e. The molecule has 1 aromatic rings. The van der Waals surface area contributed by atoms with E-state index >= 15 is 0 Å². The van der Waals surface area contributed by atoms with Crippen molar-refractivity contribution < 1.29 is 21.9 Å². The normalized spacial score (nSPS) is 14.9. The molecule has 0 aliphatic rings. The molecule has 158 valence electrons. The van der Waals surface area contributed by atoms with E-state index < -0.39 is 31.5 Å². The molecular weight excluding hydrogens is 525 g/mol. The highest BCUT2D eigenvalue weighted by molar-refractivity contribution is 14.0. The van der Waals surface area contributed by atoms with Crippen molar-refractivity contribution in [3.8, 4) is 0 Å². The molecular formula is C15H28IN3O5S3. The lowest BCUT2D eigenvalue weighted by Gasteiger charge is -2.18. The van der Waals surface area contributed by atoms with Gasteiger partial charge in [-0.05, 0) is 31.7 Å². The van der Waals surface area contributed by atoms with Crippen LogP contribution in [0.15, 0.2) is 26.7 Å². The van der Waals surface area contributed by atoms with Gasteiger partial charge in [0.1, 0.15) is 14.0 Å². The monoisotopic (exact) mass is 553 g/mol. The van der Waals surface area contributed by atoms with Crippen LogP contribution in [-0.4, -0.2) is 70.9 Å². The van der Waals surface area contributed by atoms with E-state index in [4.69, 9.17) is 0 Å². The molecule has 8 nitrogen and oxygen atoms in total. The van der Waals surface area contributed by atoms with Crippen LogP contribution in [0.2, 0.25) is 0 Å². The number of hydrogen-bond acceptors (Lipinski definition) is 7. The Kier molecular flexibility index (Phi) is 12.0. The van der Waals surface area contributed by atoms with Crippen LogP contribution in [0.3, 0.4) is 0 Å². The van der Waals surface area contributed by atoms with Crippen molar-refractivity contribution >= 4 is 60.9 Å². The van der Waals surface area contributed by atoms with Gasteiger partial charge >= 0.3 is 0 Å². The summed E-state index contributed by atoms with van der Waals surface area (Å²) in [4.78, 5) is 4.20. The molecule has 1 heterocycles. The lowest BCUT2D eigenvalue weighted by molar-refractivity contribution is 0.206. The highest BCUT2D eigenvalue weighted by Gasteiger charge is 2.20. The van der Waals surface area contributed by atoms with Crippen LogP contribution in [0.4, 0.5) is 0 Å². The SMILES string of the molecule is CCNC(=NCC(O)CS(=O)(=O)c1cccs1)NC(C)CCS(C)(=O)=O.I. The predicted molar refractivity (Wildman–Crippen MR) is 121 cm³/mol. The van der Waals surface area contributed by atoms with Crippen LogP contribution < -0.4 is 10.6 Å². The number of sulfone groups is 2. The number of aliphatic hydroxyl groups excluding tert-OH is 1. The topological polar surface area (TPSA) is 125 Å². The van der Waals surface area contributed by atoms with Gasteiger partial charge in [0, 0.05) is 18.8 Å². The number of guanidine groups is 1. The van der Waals surface area contributed by atoms with Gasteiger partial charge in [-0.1, -0.05) is 6.07 Å². The minimum absolute atomic E-state index is 0. The minimum atomic E-state index is -3.53. The van der Waals surface area contributed by atoms with E-state index in [1.807, 2.05) is 13.8 Å². The predicted octanol–water partition coefficient (Wildman–Crippen LogP) is 0.879. The average Bonchev–Trinajstić information content (AvgIpc) is 3.05. The van der Waals surface area contributed by atoms with Crippen LogP contribution in [0.1, 0.15) is 20.3 Å². The van der Waals surface area contributed by atoms with Crippen molar-refractivity contribution in [1.29, 1.82) is 0 Å². The molecule has 0 amide bonds. The Hall–Kier alpha value is -0.440. The standard InChI is InChI=1S/C15H27N3O5S3.HI/c1-4-16-15(18-12(2)7-9-25(3,20)21)17-10-13(19)11-26(22,23)14-6-5-8-24-14;/h5-6,8,12-13,19H,4,7,9-11H2,1-3H3,(H2,16,17,18);1H. The van der Waals surface area contributed by atoms with Crippen molar-refractivity contribution in [2.75, 3.05) is 30.9 Å². The van der Waals surface area contributed by atoms with E-state index in [1.54, 1.807) is 11.4 Å². The van der Waals surface area contributed by atoms with Crippen molar-refractivity contribution in [2.45, 2.75) is 36.6 Å². The maximum Gasteiger partial charge on any atom is 0.191 e. The first-order valence-electron chi connectivity index (χ1n) is 8.20. The first-order chi connectivity index (χ1) is 12.0. The van der Waals surface area contributed by atoms with Gasteiger partial charge in [0.2, 0.25) is 0 Å². The van der Waals surface area contributed by atoms with Crippen molar-refractivity contribution in [3.63, 3.8) is 0 Å². The van der Waals surface area contributed by atoms with Gasteiger partial charge < -0.3 is 15.7 Å². The largest absolute Gasteiger partial charge is 0.390 e.